The summed E-state index contributed by atoms with van der Waals surface area (Å²) in [4.78, 5) is 12.6. The summed E-state index contributed by atoms with van der Waals surface area (Å²) in [6.45, 7) is 4.66. The van der Waals surface area contributed by atoms with Crippen LogP contribution in [0.4, 0.5) is 0 Å². The smallest absolute Gasteiger partial charge is 0.268 e. The molecule has 1 aromatic heterocycles. The topological polar surface area (TPSA) is 60.0 Å². The van der Waals surface area contributed by atoms with Crippen LogP contribution >= 0.6 is 15.9 Å². The molecule has 0 aliphatic heterocycles. The molecule has 5 heteroatoms. The van der Waals surface area contributed by atoms with Gasteiger partial charge >= 0.3 is 0 Å². The highest BCUT2D eigenvalue weighted by Crippen LogP contribution is 2.26. The van der Waals surface area contributed by atoms with E-state index in [0.29, 0.717) is 18.2 Å². The van der Waals surface area contributed by atoms with E-state index in [2.05, 4.69) is 35.1 Å². The Morgan fingerprint density at radius 2 is 2.10 bits per heavy atom. The van der Waals surface area contributed by atoms with E-state index < -0.39 is 0 Å². The molecule has 1 atom stereocenters. The summed E-state index contributed by atoms with van der Waals surface area (Å²) in [6, 6.07) is 2.22. The second kappa shape index (κ2) is 7.45. The standard InChI is InChI=1S/C16H26BrN3O/c1-11(2)20-10-13(17)8-15(20)16(21)19-14(9-18)12-6-4-3-5-7-12/h8,10-12,14H,3-7,9,18H2,1-2H3,(H,19,21). The van der Waals surface area contributed by atoms with Crippen molar-refractivity contribution in [2.75, 3.05) is 6.54 Å². The molecule has 1 aromatic rings. The fraction of sp³-hybridized carbons (Fsp3) is 0.688. The van der Waals surface area contributed by atoms with Crippen molar-refractivity contribution in [3.05, 3.63) is 22.4 Å². The molecule has 4 nitrogen and oxygen atoms in total. The van der Waals surface area contributed by atoms with Gasteiger partial charge < -0.3 is 15.6 Å². The predicted octanol–water partition coefficient (Wildman–Crippen LogP) is 3.47. The van der Waals surface area contributed by atoms with E-state index in [9.17, 15) is 4.79 Å². The van der Waals surface area contributed by atoms with Crippen LogP contribution in [0.1, 0.15) is 62.5 Å². The normalized spacial score (nSPS) is 18.0. The van der Waals surface area contributed by atoms with Gasteiger partial charge in [0.05, 0.1) is 0 Å². The highest BCUT2D eigenvalue weighted by atomic mass is 79.9. The van der Waals surface area contributed by atoms with E-state index in [1.165, 1.54) is 32.1 Å². The van der Waals surface area contributed by atoms with Crippen molar-refractivity contribution in [1.29, 1.82) is 0 Å². The van der Waals surface area contributed by atoms with Crippen molar-refractivity contribution in [1.82, 2.24) is 9.88 Å². The molecule has 1 heterocycles. The first kappa shape index (κ1) is 16.6. The number of halogens is 1. The minimum atomic E-state index is -0.0181. The molecule has 1 saturated carbocycles. The number of amides is 1. The van der Waals surface area contributed by atoms with E-state index in [-0.39, 0.29) is 18.0 Å². The highest BCUT2D eigenvalue weighted by Gasteiger charge is 2.25. The van der Waals surface area contributed by atoms with E-state index in [4.69, 9.17) is 5.73 Å². The number of hydrogen-bond acceptors (Lipinski definition) is 2. The lowest BCUT2D eigenvalue weighted by atomic mass is 9.84. The van der Waals surface area contributed by atoms with Crippen LogP contribution in [-0.4, -0.2) is 23.1 Å². The number of nitrogens with one attached hydrogen (secondary N) is 1. The number of carbonyl (C=O) groups excluding carboxylic acids is 1. The van der Waals surface area contributed by atoms with Crippen molar-refractivity contribution in [3.8, 4) is 0 Å². The van der Waals surface area contributed by atoms with Crippen LogP contribution in [0.3, 0.4) is 0 Å². The SMILES string of the molecule is CC(C)n1cc(Br)cc1C(=O)NC(CN)C1CCCCC1. The lowest BCUT2D eigenvalue weighted by molar-refractivity contribution is 0.0904. The van der Waals surface area contributed by atoms with E-state index in [1.807, 2.05) is 16.8 Å². The molecule has 3 N–H and O–H groups in total. The second-order valence-electron chi connectivity index (χ2n) is 6.26. The van der Waals surface area contributed by atoms with Gasteiger partial charge in [-0.15, -0.1) is 0 Å². The van der Waals surface area contributed by atoms with Crippen LogP contribution in [0.5, 0.6) is 0 Å². The molecule has 1 amide bonds. The van der Waals surface area contributed by atoms with Crippen LogP contribution in [0, 0.1) is 5.92 Å². The molecular formula is C16H26BrN3O. The zero-order chi connectivity index (χ0) is 15.4. The molecule has 0 radical (unpaired) electrons. The third-order valence-corrected chi connectivity index (χ3v) is 4.83. The first-order valence-electron chi connectivity index (χ1n) is 7.91. The maximum absolute atomic E-state index is 12.6. The molecule has 2 rings (SSSR count). The summed E-state index contributed by atoms with van der Waals surface area (Å²) in [6.07, 6.45) is 8.13. The molecule has 1 fully saturated rings. The van der Waals surface area contributed by atoms with Gasteiger partial charge in [-0.3, -0.25) is 4.79 Å². The Balaban J connectivity index is 2.08. The Kier molecular flexibility index (Phi) is 5.88. The Morgan fingerprint density at radius 3 is 2.67 bits per heavy atom. The summed E-state index contributed by atoms with van der Waals surface area (Å²) >= 11 is 3.45. The number of nitrogens with zero attached hydrogens (tertiary/aromatic N) is 1. The molecule has 0 bridgehead atoms. The lowest BCUT2D eigenvalue weighted by Crippen LogP contribution is -2.46. The second-order valence-corrected chi connectivity index (χ2v) is 7.17. The van der Waals surface area contributed by atoms with Crippen LogP contribution in [-0.2, 0) is 0 Å². The van der Waals surface area contributed by atoms with Crippen LogP contribution in [0.25, 0.3) is 0 Å². The fourth-order valence-electron chi connectivity index (χ4n) is 3.20. The Labute approximate surface area is 135 Å². The Morgan fingerprint density at radius 1 is 1.43 bits per heavy atom. The molecule has 0 spiro atoms. The Bertz CT molecular complexity index is 478. The zero-order valence-corrected chi connectivity index (χ0v) is 14.5. The lowest BCUT2D eigenvalue weighted by Gasteiger charge is -2.30. The largest absolute Gasteiger partial charge is 0.346 e. The third kappa shape index (κ3) is 4.10. The van der Waals surface area contributed by atoms with Gasteiger partial charge in [-0.1, -0.05) is 19.3 Å². The molecule has 118 valence electrons. The van der Waals surface area contributed by atoms with Gasteiger partial charge in [0.15, 0.2) is 0 Å². The summed E-state index contributed by atoms with van der Waals surface area (Å²) < 4.78 is 2.93. The third-order valence-electron chi connectivity index (χ3n) is 4.39. The molecule has 1 aliphatic rings. The van der Waals surface area contributed by atoms with Crippen molar-refractivity contribution >= 4 is 21.8 Å². The molecular weight excluding hydrogens is 330 g/mol. The minimum absolute atomic E-state index is 0.0181. The van der Waals surface area contributed by atoms with Crippen molar-refractivity contribution in [3.63, 3.8) is 0 Å². The van der Waals surface area contributed by atoms with Crippen LogP contribution < -0.4 is 11.1 Å². The first-order valence-corrected chi connectivity index (χ1v) is 8.70. The van der Waals surface area contributed by atoms with Crippen LogP contribution in [0.15, 0.2) is 16.7 Å². The van der Waals surface area contributed by atoms with Gasteiger partial charge in [0.2, 0.25) is 0 Å². The highest BCUT2D eigenvalue weighted by molar-refractivity contribution is 9.10. The summed E-state index contributed by atoms with van der Waals surface area (Å²) in [5.41, 5.74) is 6.60. The zero-order valence-electron chi connectivity index (χ0n) is 12.9. The first-order chi connectivity index (χ1) is 10.0. The van der Waals surface area contributed by atoms with Crippen molar-refractivity contribution < 1.29 is 4.79 Å². The predicted molar refractivity (Wildman–Crippen MR) is 89.4 cm³/mol. The average molecular weight is 356 g/mol. The summed E-state index contributed by atoms with van der Waals surface area (Å²) in [5.74, 6) is 0.508. The maximum atomic E-state index is 12.6. The summed E-state index contributed by atoms with van der Waals surface area (Å²) in [7, 11) is 0. The van der Waals surface area contributed by atoms with Gasteiger partial charge in [0, 0.05) is 29.3 Å². The molecule has 1 unspecified atom stereocenters. The summed E-state index contributed by atoms with van der Waals surface area (Å²) in [5, 5.41) is 3.16. The molecule has 1 aliphatic carbocycles. The van der Waals surface area contributed by atoms with Crippen molar-refractivity contribution in [2.45, 2.75) is 58.0 Å². The van der Waals surface area contributed by atoms with Crippen LogP contribution in [0.2, 0.25) is 0 Å². The average Bonchev–Trinajstić information content (AvgIpc) is 2.88. The van der Waals surface area contributed by atoms with E-state index >= 15 is 0 Å². The number of carbonyl (C=O) groups is 1. The molecule has 0 aromatic carbocycles. The fourth-order valence-corrected chi connectivity index (χ4v) is 3.64. The monoisotopic (exact) mass is 355 g/mol. The van der Waals surface area contributed by atoms with Gasteiger partial charge in [-0.2, -0.15) is 0 Å². The van der Waals surface area contributed by atoms with Gasteiger partial charge in [0.1, 0.15) is 5.69 Å². The minimum Gasteiger partial charge on any atom is -0.346 e. The number of aromatic nitrogens is 1. The number of hydrogen-bond donors (Lipinski definition) is 2. The van der Waals surface area contributed by atoms with Gasteiger partial charge in [-0.05, 0) is 54.6 Å². The van der Waals surface area contributed by atoms with Crippen molar-refractivity contribution in [2.24, 2.45) is 11.7 Å². The number of nitrogens with two attached hydrogens (primary N) is 1. The number of rotatable bonds is 5. The molecule has 0 saturated heterocycles. The van der Waals surface area contributed by atoms with Gasteiger partial charge in [-0.25, -0.2) is 0 Å². The van der Waals surface area contributed by atoms with Gasteiger partial charge in [0.25, 0.3) is 5.91 Å². The quantitative estimate of drug-likeness (QED) is 0.849. The van der Waals surface area contributed by atoms with E-state index in [1.54, 1.807) is 0 Å². The Hall–Kier alpha value is -0.810. The molecule has 21 heavy (non-hydrogen) atoms. The maximum Gasteiger partial charge on any atom is 0.268 e. The van der Waals surface area contributed by atoms with E-state index in [0.717, 1.165) is 4.47 Å².